The van der Waals surface area contributed by atoms with Gasteiger partial charge < -0.3 is 9.66 Å². The predicted octanol–water partition coefficient (Wildman–Crippen LogP) is 3.72. The summed E-state index contributed by atoms with van der Waals surface area (Å²) < 4.78 is 34.4. The van der Waals surface area contributed by atoms with E-state index in [1.54, 1.807) is 0 Å². The molecule has 170 valence electrons. The third-order valence-corrected chi connectivity index (χ3v) is 7.04. The molecule has 0 heterocycles. The van der Waals surface area contributed by atoms with Crippen molar-refractivity contribution in [2.24, 2.45) is 0 Å². The quantitative estimate of drug-likeness (QED) is 0.162. The smallest absolute Gasteiger partial charge is 0.748 e. The van der Waals surface area contributed by atoms with E-state index < -0.39 is 21.5 Å². The van der Waals surface area contributed by atoms with Crippen molar-refractivity contribution in [1.82, 2.24) is 0 Å². The second-order valence-electron chi connectivity index (χ2n) is 8.48. The minimum atomic E-state index is -4.42. The zero-order valence-corrected chi connectivity index (χ0v) is 23.6. The van der Waals surface area contributed by atoms with Gasteiger partial charge in [-0.25, -0.2) is 8.42 Å². The molecule has 0 aromatic carbocycles. The van der Waals surface area contributed by atoms with E-state index in [1.165, 1.54) is 70.6 Å². The first kappa shape index (κ1) is 32.7. The Bertz CT molecular complexity index is 429. The number of aliphatic hydroxyl groups excluding tert-OH is 1. The zero-order valence-electron chi connectivity index (χ0n) is 19.7. The fourth-order valence-electron chi connectivity index (χ4n) is 3.86. The van der Waals surface area contributed by atoms with Gasteiger partial charge in [-0.05, 0) is 12.8 Å². The molecule has 29 heavy (non-hydrogen) atoms. The van der Waals surface area contributed by atoms with Crippen molar-refractivity contribution in [3.05, 3.63) is 0 Å². The maximum atomic E-state index is 11.5. The topological polar surface area (TPSA) is 77.4 Å². The van der Waals surface area contributed by atoms with Crippen molar-refractivity contribution >= 4 is 10.1 Å². The maximum absolute atomic E-state index is 11.5. The van der Waals surface area contributed by atoms with Crippen molar-refractivity contribution in [3.8, 4) is 0 Å². The molecule has 0 bridgehead atoms. The predicted molar refractivity (Wildman–Crippen MR) is 119 cm³/mol. The second-order valence-corrected chi connectivity index (χ2v) is 10.1. The van der Waals surface area contributed by atoms with Crippen LogP contribution in [0.3, 0.4) is 0 Å². The fourth-order valence-corrected chi connectivity index (χ4v) is 4.83. The molecule has 1 N–H and O–H groups in total. The standard InChI is InChI=1S/C23H48O4S.K/c1-3-5-7-8-9-10-11-12-13-14-15-16-17-19-21-23(28(25,26)27)22(24)20-18-6-4-2;/h22-24H,3-21H2,1-2H3,(H,25,26,27);/q;+1/p-1. The summed E-state index contributed by atoms with van der Waals surface area (Å²) in [6.07, 6.45) is 19.9. The van der Waals surface area contributed by atoms with Crippen LogP contribution in [0.25, 0.3) is 0 Å². The van der Waals surface area contributed by atoms with E-state index in [1.807, 2.05) is 0 Å². The Kier molecular flexibility index (Phi) is 25.6. The summed E-state index contributed by atoms with van der Waals surface area (Å²) in [7, 11) is -4.42. The molecule has 6 heteroatoms. The van der Waals surface area contributed by atoms with E-state index in [0.717, 1.165) is 32.1 Å². The molecule has 0 fully saturated rings. The van der Waals surface area contributed by atoms with Gasteiger partial charge >= 0.3 is 51.4 Å². The van der Waals surface area contributed by atoms with E-state index in [0.29, 0.717) is 19.3 Å². The summed E-state index contributed by atoms with van der Waals surface area (Å²) in [6.45, 7) is 4.31. The van der Waals surface area contributed by atoms with Gasteiger partial charge in [-0.2, -0.15) is 0 Å². The normalized spacial score (nSPS) is 13.8. The van der Waals surface area contributed by atoms with Crippen LogP contribution in [-0.2, 0) is 10.1 Å². The first-order chi connectivity index (χ1) is 13.4. The Morgan fingerprint density at radius 1 is 0.621 bits per heavy atom. The van der Waals surface area contributed by atoms with Gasteiger partial charge in [0.25, 0.3) is 0 Å². The first-order valence-electron chi connectivity index (χ1n) is 12.1. The monoisotopic (exact) mass is 458 g/mol. The number of rotatable bonds is 21. The summed E-state index contributed by atoms with van der Waals surface area (Å²) in [4.78, 5) is 0. The summed E-state index contributed by atoms with van der Waals surface area (Å²) in [5, 5.41) is 8.97. The van der Waals surface area contributed by atoms with Crippen LogP contribution in [0, 0.1) is 0 Å². The summed E-state index contributed by atoms with van der Waals surface area (Å²) in [6, 6.07) is 0. The average Bonchev–Trinajstić information content (AvgIpc) is 2.64. The zero-order chi connectivity index (χ0) is 21.1. The largest absolute Gasteiger partial charge is 1.00 e. The molecule has 0 aromatic rings. The van der Waals surface area contributed by atoms with Crippen LogP contribution < -0.4 is 51.4 Å². The third-order valence-electron chi connectivity index (χ3n) is 5.75. The van der Waals surface area contributed by atoms with E-state index in [4.69, 9.17) is 0 Å². The molecule has 0 saturated carbocycles. The van der Waals surface area contributed by atoms with Crippen molar-refractivity contribution in [2.75, 3.05) is 0 Å². The van der Waals surface area contributed by atoms with Crippen LogP contribution in [0.2, 0.25) is 0 Å². The summed E-state index contributed by atoms with van der Waals surface area (Å²) >= 11 is 0. The molecule has 0 aliphatic heterocycles. The molecule has 2 atom stereocenters. The minimum absolute atomic E-state index is 0. The van der Waals surface area contributed by atoms with Gasteiger partial charge in [-0.15, -0.1) is 0 Å². The van der Waals surface area contributed by atoms with Crippen LogP contribution in [0.1, 0.15) is 136 Å². The Morgan fingerprint density at radius 3 is 1.31 bits per heavy atom. The molecular formula is C23H47KO4S. The number of unbranched alkanes of at least 4 members (excludes halogenated alkanes) is 15. The number of aliphatic hydroxyl groups is 1. The minimum Gasteiger partial charge on any atom is -0.748 e. The molecule has 0 spiro atoms. The fraction of sp³-hybridized carbons (Fsp3) is 1.00. The van der Waals surface area contributed by atoms with Crippen LogP contribution in [0.4, 0.5) is 0 Å². The number of hydrogen-bond acceptors (Lipinski definition) is 4. The van der Waals surface area contributed by atoms with Crippen LogP contribution in [-0.4, -0.2) is 29.4 Å². The van der Waals surface area contributed by atoms with Gasteiger partial charge in [-0.1, -0.05) is 123 Å². The summed E-state index contributed by atoms with van der Waals surface area (Å²) in [5.74, 6) is 0. The molecular weight excluding hydrogens is 411 g/mol. The van der Waals surface area contributed by atoms with Gasteiger partial charge in [-0.3, -0.25) is 0 Å². The molecule has 0 aromatic heterocycles. The van der Waals surface area contributed by atoms with E-state index in [2.05, 4.69) is 13.8 Å². The first-order valence-corrected chi connectivity index (χ1v) is 13.5. The van der Waals surface area contributed by atoms with Crippen molar-refractivity contribution in [3.63, 3.8) is 0 Å². The molecule has 0 amide bonds. The van der Waals surface area contributed by atoms with Crippen molar-refractivity contribution in [1.29, 1.82) is 0 Å². The summed E-state index contributed by atoms with van der Waals surface area (Å²) in [5.41, 5.74) is 0. The SMILES string of the molecule is CCCCCCCCCCCCCCCCC(C(O)CCCCC)S(=O)(=O)[O-].[K+]. The van der Waals surface area contributed by atoms with Crippen LogP contribution in [0.5, 0.6) is 0 Å². The van der Waals surface area contributed by atoms with E-state index in [-0.39, 0.29) is 51.4 Å². The van der Waals surface area contributed by atoms with Crippen LogP contribution >= 0.6 is 0 Å². The molecule has 0 aliphatic rings. The Hall–Kier alpha value is 1.51. The van der Waals surface area contributed by atoms with Gasteiger partial charge in [0.15, 0.2) is 0 Å². The third kappa shape index (κ3) is 21.1. The number of hydrogen-bond donors (Lipinski definition) is 1. The molecule has 4 nitrogen and oxygen atoms in total. The molecule has 0 rings (SSSR count). The Balaban J connectivity index is 0. The van der Waals surface area contributed by atoms with Crippen LogP contribution in [0.15, 0.2) is 0 Å². The van der Waals surface area contributed by atoms with E-state index in [9.17, 15) is 18.1 Å². The van der Waals surface area contributed by atoms with Gasteiger partial charge in [0, 0.05) is 0 Å². The molecule has 0 aliphatic carbocycles. The molecule has 0 radical (unpaired) electrons. The Labute approximate surface area is 224 Å². The second kappa shape index (κ2) is 22.7. The molecule has 2 unspecified atom stereocenters. The van der Waals surface area contributed by atoms with Gasteiger partial charge in [0.2, 0.25) is 0 Å². The maximum Gasteiger partial charge on any atom is 1.00 e. The van der Waals surface area contributed by atoms with Crippen molar-refractivity contribution in [2.45, 2.75) is 147 Å². The van der Waals surface area contributed by atoms with Gasteiger partial charge in [0.05, 0.1) is 11.4 Å². The average molecular weight is 459 g/mol. The molecule has 0 saturated heterocycles. The van der Waals surface area contributed by atoms with Gasteiger partial charge in [0.1, 0.15) is 10.1 Å². The Morgan fingerprint density at radius 2 is 0.931 bits per heavy atom. The van der Waals surface area contributed by atoms with Crippen molar-refractivity contribution < 1.29 is 69.5 Å². The van der Waals surface area contributed by atoms with E-state index >= 15 is 0 Å².